The van der Waals surface area contributed by atoms with E-state index in [0.717, 1.165) is 11.6 Å². The van der Waals surface area contributed by atoms with Crippen LogP contribution in [0.25, 0.3) is 34.4 Å². The SMILES string of the molecule is O=C(/C=C/c1ccc(Sc2ccc(/C=C/C(=O)N3CCN(c4ccccn4)CC3)c(-c3ccc(Cl)cc3Cl)c2Cl)c(Cl)c1-c1ccc(Cl)cc1Cl)N1CCN(c2ccccn2)CC1. The lowest BCUT2D eigenvalue weighted by molar-refractivity contribution is -0.127. The average Bonchev–Trinajstić information content (AvgIpc) is 3.30. The van der Waals surface area contributed by atoms with Gasteiger partial charge in [-0.25, -0.2) is 9.97 Å². The summed E-state index contributed by atoms with van der Waals surface area (Å²) in [6.07, 6.45) is 10.2. The molecule has 0 radical (unpaired) electrons. The molecule has 63 heavy (non-hydrogen) atoms. The standard InChI is InChI=1S/C48H38Cl6N6O2S/c49-33-11-13-35(37(51)29-33)45-31(9-17-43(61)59-25-21-57(22-26-59)41-5-1-3-19-55-41)7-15-39(47(45)53)63-40-16-8-32(46(48(40)54)36-14-12-34(50)30-38(36)52)10-18-44(62)60-27-23-58(24-28-60)42-6-2-4-20-56-42/h1-20,29-30H,21-28H2/b17-9+,18-10+. The summed E-state index contributed by atoms with van der Waals surface area (Å²) in [4.78, 5) is 45.3. The fourth-order valence-corrected chi connectivity index (χ4v) is 10.2. The van der Waals surface area contributed by atoms with Gasteiger partial charge in [0.1, 0.15) is 11.6 Å². The van der Waals surface area contributed by atoms with E-state index in [-0.39, 0.29) is 11.8 Å². The van der Waals surface area contributed by atoms with Gasteiger partial charge in [0.2, 0.25) is 11.8 Å². The Morgan fingerprint density at radius 2 is 0.921 bits per heavy atom. The lowest BCUT2D eigenvalue weighted by Gasteiger charge is -2.34. The molecule has 4 aromatic carbocycles. The van der Waals surface area contributed by atoms with Crippen molar-refractivity contribution in [2.24, 2.45) is 0 Å². The van der Waals surface area contributed by atoms with Crippen LogP contribution >= 0.6 is 81.4 Å². The molecule has 2 fully saturated rings. The van der Waals surface area contributed by atoms with Crippen molar-refractivity contribution in [3.8, 4) is 22.3 Å². The van der Waals surface area contributed by atoms with Crippen LogP contribution in [0.2, 0.25) is 30.1 Å². The molecule has 0 bridgehead atoms. The number of hydrogen-bond donors (Lipinski definition) is 0. The number of halogens is 6. The van der Waals surface area contributed by atoms with Gasteiger partial charge in [0.15, 0.2) is 0 Å². The Morgan fingerprint density at radius 1 is 0.508 bits per heavy atom. The Balaban J connectivity index is 1.07. The van der Waals surface area contributed by atoms with Crippen LogP contribution in [0.5, 0.6) is 0 Å². The molecule has 8 rings (SSSR count). The van der Waals surface area contributed by atoms with E-state index in [2.05, 4.69) is 19.8 Å². The van der Waals surface area contributed by atoms with Crippen molar-refractivity contribution in [3.63, 3.8) is 0 Å². The van der Waals surface area contributed by atoms with E-state index in [1.54, 1.807) is 61.0 Å². The van der Waals surface area contributed by atoms with Gasteiger partial charge in [-0.2, -0.15) is 0 Å². The van der Waals surface area contributed by atoms with Gasteiger partial charge >= 0.3 is 0 Å². The van der Waals surface area contributed by atoms with E-state index >= 15 is 0 Å². The highest BCUT2D eigenvalue weighted by Crippen LogP contribution is 2.48. The normalized spacial score (nSPS) is 14.6. The number of nitrogens with zero attached hydrogens (tertiary/aromatic N) is 6. The molecule has 8 nitrogen and oxygen atoms in total. The molecule has 2 aliphatic heterocycles. The van der Waals surface area contributed by atoms with Crippen LogP contribution in [0.3, 0.4) is 0 Å². The van der Waals surface area contributed by atoms with Crippen LogP contribution in [0.15, 0.2) is 131 Å². The van der Waals surface area contributed by atoms with Crippen LogP contribution in [0.1, 0.15) is 11.1 Å². The smallest absolute Gasteiger partial charge is 0.246 e. The largest absolute Gasteiger partial charge is 0.353 e. The third-order valence-corrected chi connectivity index (χ3v) is 14.1. The van der Waals surface area contributed by atoms with E-state index in [9.17, 15) is 9.59 Å². The fourth-order valence-electron chi connectivity index (χ4n) is 7.56. The molecular weight excluding hydrogens is 937 g/mol. The number of carbonyl (C=O) groups is 2. The number of pyridine rings is 2. The minimum absolute atomic E-state index is 0.113. The van der Waals surface area contributed by atoms with Crippen molar-refractivity contribution >= 4 is 117 Å². The Morgan fingerprint density at radius 3 is 1.29 bits per heavy atom. The van der Waals surface area contributed by atoms with Gasteiger partial charge in [0.05, 0.1) is 10.0 Å². The molecule has 4 heterocycles. The fraction of sp³-hybridized carbons (Fsp3) is 0.167. The van der Waals surface area contributed by atoms with Crippen LogP contribution in [-0.2, 0) is 9.59 Å². The van der Waals surface area contributed by atoms with Crippen molar-refractivity contribution in [1.29, 1.82) is 0 Å². The second kappa shape index (κ2) is 20.4. The molecule has 0 atom stereocenters. The first-order chi connectivity index (χ1) is 30.5. The summed E-state index contributed by atoms with van der Waals surface area (Å²) in [5.41, 5.74) is 3.93. The number of anilines is 2. The maximum atomic E-state index is 13.5. The third-order valence-electron chi connectivity index (χ3n) is 10.8. The number of hydrogen-bond acceptors (Lipinski definition) is 7. The van der Waals surface area contributed by atoms with E-state index < -0.39 is 0 Å². The second-order valence-electron chi connectivity index (χ2n) is 14.7. The van der Waals surface area contributed by atoms with Crippen LogP contribution < -0.4 is 9.80 Å². The molecular formula is C48H38Cl6N6O2S. The topological polar surface area (TPSA) is 72.9 Å². The Kier molecular flexibility index (Phi) is 14.5. The zero-order valence-corrected chi connectivity index (χ0v) is 38.9. The van der Waals surface area contributed by atoms with E-state index in [0.29, 0.717) is 126 Å². The summed E-state index contributed by atoms with van der Waals surface area (Å²) >= 11 is 42.3. The number of aromatic nitrogens is 2. The first-order valence-corrected chi connectivity index (χ1v) is 23.1. The number of benzene rings is 4. The molecule has 6 aromatic rings. The van der Waals surface area contributed by atoms with Gasteiger partial charge in [-0.05, 0) is 83.9 Å². The lowest BCUT2D eigenvalue weighted by atomic mass is 9.98. The monoisotopic (exact) mass is 972 g/mol. The van der Waals surface area contributed by atoms with Crippen LogP contribution in [0.4, 0.5) is 11.6 Å². The zero-order chi connectivity index (χ0) is 44.0. The van der Waals surface area contributed by atoms with Crippen molar-refractivity contribution < 1.29 is 9.59 Å². The molecule has 0 saturated carbocycles. The number of carbonyl (C=O) groups excluding carboxylic acids is 2. The minimum atomic E-state index is -0.113. The lowest BCUT2D eigenvalue weighted by Crippen LogP contribution is -2.48. The predicted molar refractivity (Wildman–Crippen MR) is 262 cm³/mol. The number of piperazine rings is 2. The molecule has 2 aliphatic rings. The quantitative estimate of drug-likeness (QED) is 0.127. The first kappa shape index (κ1) is 44.9. The van der Waals surface area contributed by atoms with Crippen molar-refractivity contribution in [2.45, 2.75) is 9.79 Å². The highest BCUT2D eigenvalue weighted by molar-refractivity contribution is 7.99. The molecule has 2 aromatic heterocycles. The highest BCUT2D eigenvalue weighted by atomic mass is 35.5. The van der Waals surface area contributed by atoms with Gasteiger partial charge in [0.25, 0.3) is 0 Å². The Bertz CT molecular complexity index is 2520. The number of rotatable bonds is 10. The van der Waals surface area contributed by atoms with E-state index in [1.165, 1.54) is 11.8 Å². The van der Waals surface area contributed by atoms with Crippen molar-refractivity contribution in [1.82, 2.24) is 19.8 Å². The van der Waals surface area contributed by atoms with Crippen LogP contribution in [0, 0.1) is 0 Å². The summed E-state index contributed by atoms with van der Waals surface area (Å²) < 4.78 is 0. The summed E-state index contributed by atoms with van der Waals surface area (Å²) in [5, 5.41) is 2.56. The minimum Gasteiger partial charge on any atom is -0.353 e. The second-order valence-corrected chi connectivity index (χ2v) is 18.2. The molecule has 0 spiro atoms. The molecule has 0 aliphatic carbocycles. The predicted octanol–water partition coefficient (Wildman–Crippen LogP) is 12.6. The summed E-state index contributed by atoms with van der Waals surface area (Å²) in [7, 11) is 0. The van der Waals surface area contributed by atoms with E-state index in [4.69, 9.17) is 69.6 Å². The van der Waals surface area contributed by atoms with Crippen molar-refractivity contribution in [2.75, 3.05) is 62.2 Å². The van der Waals surface area contributed by atoms with Gasteiger partial charge in [0, 0.05) is 129 Å². The molecule has 0 unspecified atom stereocenters. The molecule has 0 N–H and O–H groups in total. The molecule has 2 saturated heterocycles. The maximum absolute atomic E-state index is 13.5. The van der Waals surface area contributed by atoms with Gasteiger partial charge in [-0.3, -0.25) is 9.59 Å². The summed E-state index contributed by atoms with van der Waals surface area (Å²) in [6.45, 7) is 4.95. The number of amides is 2. The third kappa shape index (κ3) is 10.5. The van der Waals surface area contributed by atoms with Crippen LogP contribution in [-0.4, -0.2) is 83.9 Å². The van der Waals surface area contributed by atoms with E-state index in [1.807, 2.05) is 82.6 Å². The van der Waals surface area contributed by atoms with Gasteiger partial charge in [-0.1, -0.05) is 118 Å². The Labute approximate surface area is 400 Å². The first-order valence-electron chi connectivity index (χ1n) is 20.0. The Hall–Kier alpha value is -4.71. The van der Waals surface area contributed by atoms with Gasteiger partial charge < -0.3 is 19.6 Å². The maximum Gasteiger partial charge on any atom is 0.246 e. The molecule has 2 amide bonds. The molecule has 15 heteroatoms. The highest BCUT2D eigenvalue weighted by Gasteiger charge is 2.24. The van der Waals surface area contributed by atoms with Crippen molar-refractivity contribution in [3.05, 3.63) is 163 Å². The summed E-state index contributed by atoms with van der Waals surface area (Å²) in [6, 6.07) is 29.7. The summed E-state index contributed by atoms with van der Waals surface area (Å²) in [5.74, 6) is 1.56. The average molecular weight is 976 g/mol. The van der Waals surface area contributed by atoms with Gasteiger partial charge in [-0.15, -0.1) is 0 Å². The zero-order valence-electron chi connectivity index (χ0n) is 33.5. The molecule has 320 valence electrons.